The fourth-order valence-corrected chi connectivity index (χ4v) is 3.70. The molecule has 1 fully saturated rings. The van der Waals surface area contributed by atoms with Gasteiger partial charge < -0.3 is 14.2 Å². The Labute approximate surface area is 174 Å². The third kappa shape index (κ3) is 5.20. The highest BCUT2D eigenvalue weighted by atomic mass is 32.2. The number of allylic oxidation sites excluding steroid dienone is 1. The van der Waals surface area contributed by atoms with Crippen molar-refractivity contribution in [2.24, 2.45) is 0 Å². The van der Waals surface area contributed by atoms with Crippen molar-refractivity contribution < 1.29 is 28.6 Å². The lowest BCUT2D eigenvalue weighted by Gasteiger charge is -2.19. The summed E-state index contributed by atoms with van der Waals surface area (Å²) in [6.45, 7) is 7.26. The van der Waals surface area contributed by atoms with E-state index in [-0.39, 0.29) is 23.8 Å². The van der Waals surface area contributed by atoms with E-state index < -0.39 is 5.97 Å². The number of imide groups is 1. The molecule has 2 rings (SSSR count). The average molecular weight is 419 g/mol. The van der Waals surface area contributed by atoms with Crippen LogP contribution >= 0.6 is 11.8 Å². The summed E-state index contributed by atoms with van der Waals surface area (Å²) in [6, 6.07) is 3.35. The second kappa shape index (κ2) is 10.2. The lowest BCUT2D eigenvalue weighted by Crippen LogP contribution is -2.36. The molecule has 0 spiro atoms. The van der Waals surface area contributed by atoms with Crippen LogP contribution in [0.4, 0.5) is 4.79 Å². The summed E-state index contributed by atoms with van der Waals surface area (Å²) in [5.74, 6) is -0.00711. The van der Waals surface area contributed by atoms with Crippen LogP contribution < -0.4 is 9.47 Å². The summed E-state index contributed by atoms with van der Waals surface area (Å²) >= 11 is 0.919. The van der Waals surface area contributed by atoms with Gasteiger partial charge in [0.05, 0.1) is 19.1 Å². The van der Waals surface area contributed by atoms with Gasteiger partial charge in [-0.2, -0.15) is 0 Å². The van der Waals surface area contributed by atoms with Crippen LogP contribution in [0, 0.1) is 0 Å². The lowest BCUT2D eigenvalue weighted by atomic mass is 10.0. The molecule has 1 atom stereocenters. The molecule has 29 heavy (non-hydrogen) atoms. The maximum absolute atomic E-state index is 12.7. The van der Waals surface area contributed by atoms with Gasteiger partial charge in [-0.3, -0.25) is 14.5 Å². The minimum atomic E-state index is -0.514. The molecule has 0 saturated carbocycles. The zero-order valence-electron chi connectivity index (χ0n) is 17.0. The Balaban J connectivity index is 2.41. The molecule has 0 aliphatic carbocycles. The Morgan fingerprint density at radius 2 is 2.03 bits per heavy atom. The molecular formula is C21H25NO6S. The van der Waals surface area contributed by atoms with Crippen LogP contribution in [0.25, 0.3) is 6.08 Å². The second-order valence-electron chi connectivity index (χ2n) is 6.38. The fraction of sp³-hybridized carbons (Fsp3) is 0.381. The van der Waals surface area contributed by atoms with Crippen molar-refractivity contribution >= 4 is 35.0 Å². The van der Waals surface area contributed by atoms with Crippen LogP contribution in [0.15, 0.2) is 29.7 Å². The van der Waals surface area contributed by atoms with Gasteiger partial charge in [0.2, 0.25) is 0 Å². The number of nitrogens with zero attached hydrogens (tertiary/aromatic N) is 1. The predicted molar refractivity (Wildman–Crippen MR) is 112 cm³/mol. The number of carbonyl (C=O) groups is 3. The van der Waals surface area contributed by atoms with E-state index in [0.717, 1.165) is 17.3 Å². The lowest BCUT2D eigenvalue weighted by molar-refractivity contribution is -0.143. The van der Waals surface area contributed by atoms with Crippen molar-refractivity contribution in [3.63, 3.8) is 0 Å². The third-order valence-electron chi connectivity index (χ3n) is 4.45. The summed E-state index contributed by atoms with van der Waals surface area (Å²) in [7, 11) is 2.77. The number of rotatable bonds is 9. The van der Waals surface area contributed by atoms with Gasteiger partial charge in [0.1, 0.15) is 0 Å². The largest absolute Gasteiger partial charge is 0.493 e. The Morgan fingerprint density at radius 1 is 1.31 bits per heavy atom. The first-order valence-electron chi connectivity index (χ1n) is 9.14. The van der Waals surface area contributed by atoms with Crippen molar-refractivity contribution in [3.8, 4) is 11.5 Å². The highest BCUT2D eigenvalue weighted by Gasteiger charge is 2.37. The van der Waals surface area contributed by atoms with Gasteiger partial charge >= 0.3 is 5.97 Å². The molecule has 1 aliphatic heterocycles. The van der Waals surface area contributed by atoms with Crippen LogP contribution in [0.1, 0.15) is 31.4 Å². The molecule has 0 bridgehead atoms. The first-order valence-corrected chi connectivity index (χ1v) is 9.96. The van der Waals surface area contributed by atoms with Gasteiger partial charge in [-0.1, -0.05) is 13.0 Å². The van der Waals surface area contributed by atoms with Crippen LogP contribution in [0.5, 0.6) is 11.5 Å². The summed E-state index contributed by atoms with van der Waals surface area (Å²) in [6.07, 6.45) is 4.50. The number of ether oxygens (including phenoxy) is 3. The summed E-state index contributed by atoms with van der Waals surface area (Å²) in [4.78, 5) is 38.0. The number of carbonyl (C=O) groups excluding carboxylic acids is 3. The van der Waals surface area contributed by atoms with Gasteiger partial charge in [-0.25, -0.2) is 4.79 Å². The topological polar surface area (TPSA) is 82.1 Å². The van der Waals surface area contributed by atoms with Crippen molar-refractivity contribution in [2.45, 2.75) is 32.7 Å². The molecule has 1 aromatic rings. The van der Waals surface area contributed by atoms with Crippen molar-refractivity contribution in [1.82, 2.24) is 4.90 Å². The molecule has 2 amide bonds. The molecule has 1 aromatic carbocycles. The van der Waals surface area contributed by atoms with Crippen LogP contribution in [0.3, 0.4) is 0 Å². The zero-order valence-corrected chi connectivity index (χ0v) is 17.8. The second-order valence-corrected chi connectivity index (χ2v) is 7.37. The predicted octanol–water partition coefficient (Wildman–Crippen LogP) is 3.81. The van der Waals surface area contributed by atoms with Gasteiger partial charge in [0, 0.05) is 11.6 Å². The standard InChI is InChI=1S/C21H25NO6S/c1-6-8-15-9-14(10-16(26-4)19(15)28-12-18(23)27-5)11-17-20(24)22(13(3)7-2)21(25)29-17/h6,9-11,13H,1,7-8,12H2,2-5H3/b17-11-/t13-/m1/s1. The van der Waals surface area contributed by atoms with Gasteiger partial charge in [-0.15, -0.1) is 6.58 Å². The Hall–Kier alpha value is -2.74. The average Bonchev–Trinajstić information content (AvgIpc) is 2.99. The van der Waals surface area contributed by atoms with E-state index in [4.69, 9.17) is 9.47 Å². The minimum Gasteiger partial charge on any atom is -0.493 e. The molecule has 1 aliphatic rings. The van der Waals surface area contributed by atoms with Gasteiger partial charge in [0.25, 0.3) is 11.1 Å². The van der Waals surface area contributed by atoms with E-state index in [9.17, 15) is 14.4 Å². The fourth-order valence-electron chi connectivity index (χ4n) is 2.77. The number of esters is 1. The number of thioether (sulfide) groups is 1. The number of hydrogen-bond donors (Lipinski definition) is 0. The zero-order chi connectivity index (χ0) is 21.6. The van der Waals surface area contributed by atoms with E-state index in [1.54, 1.807) is 18.2 Å². The normalized spacial score (nSPS) is 16.1. The van der Waals surface area contributed by atoms with Gasteiger partial charge in [-0.05, 0) is 55.3 Å². The van der Waals surface area contributed by atoms with E-state index >= 15 is 0 Å². The number of hydrogen-bond acceptors (Lipinski definition) is 7. The number of methoxy groups -OCH3 is 2. The smallest absolute Gasteiger partial charge is 0.343 e. The maximum atomic E-state index is 12.7. The molecule has 156 valence electrons. The molecule has 0 N–H and O–H groups in total. The molecule has 1 heterocycles. The van der Waals surface area contributed by atoms with Crippen molar-refractivity contribution in [2.75, 3.05) is 20.8 Å². The summed E-state index contributed by atoms with van der Waals surface area (Å²) in [5, 5.41) is -0.271. The maximum Gasteiger partial charge on any atom is 0.343 e. The molecule has 0 aromatic heterocycles. The van der Waals surface area contributed by atoms with Crippen molar-refractivity contribution in [1.29, 1.82) is 0 Å². The highest BCUT2D eigenvalue weighted by Crippen LogP contribution is 2.37. The quantitative estimate of drug-likeness (QED) is 0.342. The van der Waals surface area contributed by atoms with E-state index in [1.807, 2.05) is 19.9 Å². The molecule has 7 nitrogen and oxygen atoms in total. The van der Waals surface area contributed by atoms with Crippen LogP contribution in [0.2, 0.25) is 0 Å². The Morgan fingerprint density at radius 3 is 2.62 bits per heavy atom. The summed E-state index contributed by atoms with van der Waals surface area (Å²) in [5.41, 5.74) is 1.41. The minimum absolute atomic E-state index is 0.159. The number of amides is 2. The SMILES string of the molecule is C=CCc1cc(/C=C2\SC(=O)N([C@H](C)CC)C2=O)cc(OC)c1OCC(=O)OC. The van der Waals surface area contributed by atoms with Gasteiger partial charge in [0.15, 0.2) is 18.1 Å². The molecular weight excluding hydrogens is 394 g/mol. The van der Waals surface area contributed by atoms with Crippen molar-refractivity contribution in [3.05, 3.63) is 40.8 Å². The molecule has 8 heteroatoms. The Kier molecular flexibility index (Phi) is 7.90. The highest BCUT2D eigenvalue weighted by molar-refractivity contribution is 8.18. The number of benzene rings is 1. The first kappa shape index (κ1) is 22.5. The van der Waals surface area contributed by atoms with Crippen LogP contribution in [-0.4, -0.2) is 48.9 Å². The molecule has 0 unspecified atom stereocenters. The summed E-state index contributed by atoms with van der Waals surface area (Å²) < 4.78 is 15.6. The van der Waals surface area contributed by atoms with Crippen LogP contribution in [-0.2, 0) is 20.7 Å². The van der Waals surface area contributed by atoms with E-state index in [2.05, 4.69) is 11.3 Å². The molecule has 1 saturated heterocycles. The monoisotopic (exact) mass is 419 g/mol. The first-order chi connectivity index (χ1) is 13.9. The molecule has 0 radical (unpaired) electrons. The van der Waals surface area contributed by atoms with E-state index in [1.165, 1.54) is 19.1 Å². The Bertz CT molecular complexity index is 848. The van der Waals surface area contributed by atoms with E-state index in [0.29, 0.717) is 34.8 Å². The third-order valence-corrected chi connectivity index (χ3v) is 5.34.